The van der Waals surface area contributed by atoms with Crippen LogP contribution in [-0.4, -0.2) is 22.1 Å². The Kier molecular flexibility index (Phi) is 3.66. The van der Waals surface area contributed by atoms with Crippen molar-refractivity contribution in [3.63, 3.8) is 0 Å². The van der Waals surface area contributed by atoms with Gasteiger partial charge in [0.25, 0.3) is 0 Å². The molecule has 5 heteroatoms. The number of nitrogens with one attached hydrogen (secondary N) is 1. The Morgan fingerprint density at radius 3 is 2.94 bits per heavy atom. The van der Waals surface area contributed by atoms with Crippen LogP contribution >= 0.6 is 11.3 Å². The zero-order chi connectivity index (χ0) is 12.4. The first-order chi connectivity index (χ1) is 8.08. The van der Waals surface area contributed by atoms with Gasteiger partial charge in [0, 0.05) is 6.04 Å². The summed E-state index contributed by atoms with van der Waals surface area (Å²) in [5.74, 6) is 0.432. The van der Waals surface area contributed by atoms with Crippen molar-refractivity contribution in [3.8, 4) is 0 Å². The van der Waals surface area contributed by atoms with Crippen molar-refractivity contribution in [2.45, 2.75) is 39.2 Å². The van der Waals surface area contributed by atoms with E-state index in [9.17, 15) is 4.79 Å². The Morgan fingerprint density at radius 1 is 1.53 bits per heavy atom. The van der Waals surface area contributed by atoms with E-state index in [-0.39, 0.29) is 0 Å². The molecule has 1 aliphatic carbocycles. The standard InChI is InChI=1S/C12H18N2O2S/c1-7-4-3-5-9(8(7)2)14-12-13-6-10(17-12)11(15)16/h6-9H,3-5H2,1-2H3,(H,13,14)(H,15,16). The molecule has 2 rings (SSSR count). The molecular weight excluding hydrogens is 236 g/mol. The minimum Gasteiger partial charge on any atom is -0.477 e. The highest BCUT2D eigenvalue weighted by Gasteiger charge is 2.27. The Bertz CT molecular complexity index is 405. The fourth-order valence-electron chi connectivity index (χ4n) is 2.38. The molecule has 0 amide bonds. The van der Waals surface area contributed by atoms with Gasteiger partial charge in [-0.15, -0.1) is 0 Å². The van der Waals surface area contributed by atoms with Crippen LogP contribution in [0.2, 0.25) is 0 Å². The number of aromatic carboxylic acids is 1. The molecular formula is C12H18N2O2S. The molecule has 1 aromatic rings. The third-order valence-corrected chi connectivity index (χ3v) is 4.65. The summed E-state index contributed by atoms with van der Waals surface area (Å²) >= 11 is 1.22. The highest BCUT2D eigenvalue weighted by atomic mass is 32.1. The van der Waals surface area contributed by atoms with Crippen LogP contribution in [-0.2, 0) is 0 Å². The number of carboxylic acid groups (broad SMARTS) is 1. The minimum absolute atomic E-state index is 0.295. The van der Waals surface area contributed by atoms with Gasteiger partial charge in [-0.25, -0.2) is 9.78 Å². The first kappa shape index (κ1) is 12.4. The van der Waals surface area contributed by atoms with Crippen molar-refractivity contribution in [1.82, 2.24) is 4.98 Å². The van der Waals surface area contributed by atoms with Crippen LogP contribution in [0.1, 0.15) is 42.8 Å². The van der Waals surface area contributed by atoms with E-state index in [0.717, 1.165) is 17.5 Å². The van der Waals surface area contributed by atoms with E-state index in [1.165, 1.54) is 30.4 Å². The van der Waals surface area contributed by atoms with E-state index in [0.29, 0.717) is 16.8 Å². The number of hydrogen-bond acceptors (Lipinski definition) is 4. The van der Waals surface area contributed by atoms with E-state index in [1.54, 1.807) is 0 Å². The summed E-state index contributed by atoms with van der Waals surface area (Å²) in [5.41, 5.74) is 0. The van der Waals surface area contributed by atoms with E-state index in [1.807, 2.05) is 0 Å². The zero-order valence-electron chi connectivity index (χ0n) is 10.1. The molecule has 0 saturated heterocycles. The maximum Gasteiger partial charge on any atom is 0.347 e. The van der Waals surface area contributed by atoms with E-state index < -0.39 is 5.97 Å². The van der Waals surface area contributed by atoms with Crippen molar-refractivity contribution >= 4 is 22.4 Å². The number of carboxylic acids is 1. The van der Waals surface area contributed by atoms with Gasteiger partial charge in [0.2, 0.25) is 0 Å². The number of carbonyl (C=O) groups is 1. The van der Waals surface area contributed by atoms with Crippen molar-refractivity contribution in [2.24, 2.45) is 11.8 Å². The third kappa shape index (κ3) is 2.77. The van der Waals surface area contributed by atoms with Gasteiger partial charge in [-0.1, -0.05) is 38.0 Å². The number of nitrogens with zero attached hydrogens (tertiary/aromatic N) is 1. The molecule has 1 aliphatic rings. The minimum atomic E-state index is -0.902. The van der Waals surface area contributed by atoms with Gasteiger partial charge in [-0.3, -0.25) is 0 Å². The average molecular weight is 254 g/mol. The monoisotopic (exact) mass is 254 g/mol. The van der Waals surface area contributed by atoms with Crippen LogP contribution < -0.4 is 5.32 Å². The molecule has 2 N–H and O–H groups in total. The van der Waals surface area contributed by atoms with Gasteiger partial charge >= 0.3 is 5.97 Å². The Morgan fingerprint density at radius 2 is 2.29 bits per heavy atom. The molecule has 4 nitrogen and oxygen atoms in total. The predicted molar refractivity (Wildman–Crippen MR) is 68.7 cm³/mol. The lowest BCUT2D eigenvalue weighted by Gasteiger charge is -2.34. The topological polar surface area (TPSA) is 62.2 Å². The number of thiazole rings is 1. The van der Waals surface area contributed by atoms with Gasteiger partial charge in [0.1, 0.15) is 4.88 Å². The smallest absolute Gasteiger partial charge is 0.347 e. The molecule has 94 valence electrons. The molecule has 1 fully saturated rings. The number of hydrogen-bond donors (Lipinski definition) is 2. The second-order valence-electron chi connectivity index (χ2n) is 4.85. The Hall–Kier alpha value is -1.10. The molecule has 17 heavy (non-hydrogen) atoms. The van der Waals surface area contributed by atoms with Crippen molar-refractivity contribution in [3.05, 3.63) is 11.1 Å². The normalized spacial score (nSPS) is 28.9. The second kappa shape index (κ2) is 5.04. The van der Waals surface area contributed by atoms with E-state index in [2.05, 4.69) is 24.1 Å². The summed E-state index contributed by atoms with van der Waals surface area (Å²) in [6.07, 6.45) is 5.09. The van der Waals surface area contributed by atoms with Gasteiger partial charge < -0.3 is 10.4 Å². The highest BCUT2D eigenvalue weighted by Crippen LogP contribution is 2.32. The fourth-order valence-corrected chi connectivity index (χ4v) is 3.10. The summed E-state index contributed by atoms with van der Waals surface area (Å²) in [5, 5.41) is 13.0. The first-order valence-electron chi connectivity index (χ1n) is 6.03. The first-order valence-corrected chi connectivity index (χ1v) is 6.85. The van der Waals surface area contributed by atoms with Crippen LogP contribution in [0.3, 0.4) is 0 Å². The molecule has 0 aromatic carbocycles. The highest BCUT2D eigenvalue weighted by molar-refractivity contribution is 7.17. The van der Waals surface area contributed by atoms with Crippen molar-refractivity contribution in [1.29, 1.82) is 0 Å². The summed E-state index contributed by atoms with van der Waals surface area (Å²) in [7, 11) is 0. The fraction of sp³-hybridized carbons (Fsp3) is 0.667. The molecule has 3 atom stereocenters. The summed E-state index contributed by atoms with van der Waals surface area (Å²) in [6.45, 7) is 4.54. The number of rotatable bonds is 3. The van der Waals surface area contributed by atoms with E-state index in [4.69, 9.17) is 5.11 Å². The molecule has 1 saturated carbocycles. The van der Waals surface area contributed by atoms with Crippen LogP contribution in [0.5, 0.6) is 0 Å². The van der Waals surface area contributed by atoms with Crippen LogP contribution in [0.25, 0.3) is 0 Å². The SMILES string of the molecule is CC1CCCC(Nc2ncc(C(=O)O)s2)C1C. The van der Waals surface area contributed by atoms with Crippen LogP contribution in [0, 0.1) is 11.8 Å². The lowest BCUT2D eigenvalue weighted by atomic mass is 9.78. The molecule has 1 heterocycles. The average Bonchev–Trinajstić information content (AvgIpc) is 2.73. The molecule has 0 spiro atoms. The lowest BCUT2D eigenvalue weighted by molar-refractivity contribution is 0.0702. The number of aromatic nitrogens is 1. The van der Waals surface area contributed by atoms with E-state index >= 15 is 0 Å². The Balaban J connectivity index is 2.01. The largest absolute Gasteiger partial charge is 0.477 e. The Labute approximate surface area is 105 Å². The van der Waals surface area contributed by atoms with Gasteiger partial charge in [-0.05, 0) is 18.3 Å². The van der Waals surface area contributed by atoms with Crippen LogP contribution in [0.15, 0.2) is 6.20 Å². The number of anilines is 1. The van der Waals surface area contributed by atoms with Gasteiger partial charge in [0.15, 0.2) is 5.13 Å². The molecule has 0 aliphatic heterocycles. The maximum absolute atomic E-state index is 10.8. The molecule has 0 bridgehead atoms. The molecule has 0 radical (unpaired) electrons. The molecule has 1 aromatic heterocycles. The maximum atomic E-state index is 10.8. The summed E-state index contributed by atoms with van der Waals surface area (Å²) in [4.78, 5) is 15.2. The van der Waals surface area contributed by atoms with Crippen molar-refractivity contribution < 1.29 is 9.90 Å². The zero-order valence-corrected chi connectivity index (χ0v) is 11.0. The predicted octanol–water partition coefficient (Wildman–Crippen LogP) is 3.08. The second-order valence-corrected chi connectivity index (χ2v) is 5.88. The lowest BCUT2D eigenvalue weighted by Crippen LogP contribution is -2.34. The van der Waals surface area contributed by atoms with Crippen LogP contribution in [0.4, 0.5) is 5.13 Å². The van der Waals surface area contributed by atoms with Gasteiger partial charge in [0.05, 0.1) is 6.20 Å². The summed E-state index contributed by atoms with van der Waals surface area (Å²) in [6, 6.07) is 0.423. The summed E-state index contributed by atoms with van der Waals surface area (Å²) < 4.78 is 0. The van der Waals surface area contributed by atoms with Crippen molar-refractivity contribution in [2.75, 3.05) is 5.32 Å². The molecule has 3 unspecified atom stereocenters. The van der Waals surface area contributed by atoms with Gasteiger partial charge in [-0.2, -0.15) is 0 Å². The third-order valence-electron chi connectivity index (χ3n) is 3.73. The quantitative estimate of drug-likeness (QED) is 0.870.